The van der Waals surface area contributed by atoms with Crippen molar-refractivity contribution in [2.45, 2.75) is 22.1 Å². The Morgan fingerprint density at radius 3 is 2.54 bits per heavy atom. The summed E-state index contributed by atoms with van der Waals surface area (Å²) in [6.45, 7) is 0.430. The third-order valence-corrected chi connectivity index (χ3v) is 5.31. The van der Waals surface area contributed by atoms with Gasteiger partial charge in [0.05, 0.1) is 0 Å². The van der Waals surface area contributed by atoms with E-state index in [-0.39, 0.29) is 11.5 Å². The Kier molecular flexibility index (Phi) is 4.85. The van der Waals surface area contributed by atoms with Crippen LogP contribution in [0.25, 0.3) is 5.65 Å². The van der Waals surface area contributed by atoms with Crippen molar-refractivity contribution in [3.05, 3.63) is 53.6 Å². The Balaban J connectivity index is 1.47. The summed E-state index contributed by atoms with van der Waals surface area (Å²) in [7, 11) is 0. The fourth-order valence-corrected chi connectivity index (χ4v) is 3.85. The number of nitrogens with zero attached hydrogens (tertiary/aromatic N) is 6. The van der Waals surface area contributed by atoms with Crippen LogP contribution in [0.1, 0.15) is 11.4 Å². The molecule has 0 aliphatic rings. The molecule has 0 atom stereocenters. The molecule has 13 heteroatoms. The predicted molar refractivity (Wildman–Crippen MR) is 93.5 cm³/mol. The molecule has 0 spiro atoms. The highest BCUT2D eigenvalue weighted by atomic mass is 32.2. The van der Waals surface area contributed by atoms with Gasteiger partial charge in [0.2, 0.25) is 5.13 Å². The molecule has 0 bridgehead atoms. The highest BCUT2D eigenvalue weighted by Crippen LogP contribution is 2.32. The monoisotopic (exact) mass is 427 g/mol. The number of halogens is 4. The second-order valence-corrected chi connectivity index (χ2v) is 7.66. The highest BCUT2D eigenvalue weighted by Gasteiger charge is 2.37. The van der Waals surface area contributed by atoms with E-state index >= 15 is 0 Å². The fraction of sp³-hybridized carbons (Fsp3) is 0.133. The largest absolute Gasteiger partial charge is 0.453 e. The van der Waals surface area contributed by atoms with Gasteiger partial charge in [-0.25, -0.2) is 4.39 Å². The average Bonchev–Trinajstić information content (AvgIpc) is 3.27. The van der Waals surface area contributed by atoms with Gasteiger partial charge in [-0.3, -0.25) is 0 Å². The topological polar surface area (TPSA) is 80.9 Å². The molecule has 0 aliphatic carbocycles. The molecule has 0 fully saturated rings. The van der Waals surface area contributed by atoms with Crippen molar-refractivity contribution in [2.75, 3.05) is 5.32 Å². The van der Waals surface area contributed by atoms with E-state index < -0.39 is 12.0 Å². The Labute approximate surface area is 162 Å². The maximum atomic E-state index is 12.9. The Hall–Kier alpha value is -2.80. The van der Waals surface area contributed by atoms with Gasteiger partial charge in [0.15, 0.2) is 9.99 Å². The summed E-state index contributed by atoms with van der Waals surface area (Å²) in [5.41, 5.74) is 0.862. The molecule has 0 saturated carbocycles. The van der Waals surface area contributed by atoms with Crippen LogP contribution in [0.2, 0.25) is 0 Å². The molecular formula is C15H9F4N7S2. The van der Waals surface area contributed by atoms with Crippen molar-refractivity contribution in [3.8, 4) is 0 Å². The van der Waals surface area contributed by atoms with Gasteiger partial charge in [0, 0.05) is 6.54 Å². The van der Waals surface area contributed by atoms with E-state index in [0.717, 1.165) is 17.3 Å². The van der Waals surface area contributed by atoms with E-state index in [1.54, 1.807) is 12.1 Å². The Morgan fingerprint density at radius 1 is 1.00 bits per heavy atom. The van der Waals surface area contributed by atoms with Crippen molar-refractivity contribution in [3.63, 3.8) is 0 Å². The van der Waals surface area contributed by atoms with Gasteiger partial charge < -0.3 is 5.32 Å². The van der Waals surface area contributed by atoms with Crippen LogP contribution in [0.5, 0.6) is 0 Å². The van der Waals surface area contributed by atoms with Crippen LogP contribution in [0.15, 0.2) is 45.8 Å². The molecule has 1 aromatic carbocycles. The summed E-state index contributed by atoms with van der Waals surface area (Å²) in [5.74, 6) is -1.51. The van der Waals surface area contributed by atoms with Gasteiger partial charge in [-0.05, 0) is 41.6 Å². The molecule has 1 N–H and O–H groups in total. The number of anilines is 1. The summed E-state index contributed by atoms with van der Waals surface area (Å²) in [4.78, 5) is 0. The van der Waals surface area contributed by atoms with E-state index in [2.05, 4.69) is 30.8 Å². The van der Waals surface area contributed by atoms with Crippen LogP contribution >= 0.6 is 23.1 Å². The zero-order valence-corrected chi connectivity index (χ0v) is 15.3. The van der Waals surface area contributed by atoms with E-state index in [4.69, 9.17) is 0 Å². The third-order valence-electron chi connectivity index (χ3n) is 3.45. The summed E-state index contributed by atoms with van der Waals surface area (Å²) >= 11 is 2.29. The molecular weight excluding hydrogens is 418 g/mol. The first-order valence-corrected chi connectivity index (χ1v) is 9.31. The standard InChI is InChI=1S/C15H9F4N7S2/c16-9-3-1-8(2-4-9)7-20-13-23-24-14(28-13)27-11-6-5-10-21-22-12(15(17,18)19)26(10)25-11/h1-6H,7H2,(H,20,23). The molecule has 0 unspecified atom stereocenters. The molecule has 3 aromatic heterocycles. The number of nitrogens with one attached hydrogen (secondary N) is 1. The average molecular weight is 427 g/mol. The lowest BCUT2D eigenvalue weighted by Gasteiger charge is -2.03. The fourth-order valence-electron chi connectivity index (χ4n) is 2.20. The molecule has 4 rings (SSSR count). The smallest absolute Gasteiger partial charge is 0.356 e. The molecule has 0 aliphatic heterocycles. The van der Waals surface area contributed by atoms with Gasteiger partial charge in [-0.15, -0.1) is 20.4 Å². The molecule has 0 amide bonds. The number of fused-ring (bicyclic) bond motifs is 1. The van der Waals surface area contributed by atoms with Gasteiger partial charge in [-0.2, -0.15) is 22.8 Å². The molecule has 4 aromatic rings. The number of hydrogen-bond donors (Lipinski definition) is 1. The molecule has 144 valence electrons. The maximum absolute atomic E-state index is 12.9. The lowest BCUT2D eigenvalue weighted by Crippen LogP contribution is -2.12. The number of hydrogen-bond acceptors (Lipinski definition) is 8. The lowest BCUT2D eigenvalue weighted by atomic mass is 10.2. The van der Waals surface area contributed by atoms with Crippen LogP contribution in [-0.2, 0) is 12.7 Å². The minimum absolute atomic E-state index is 0.00408. The van der Waals surface area contributed by atoms with Crippen LogP contribution in [0, 0.1) is 5.82 Å². The van der Waals surface area contributed by atoms with Crippen molar-refractivity contribution >= 4 is 33.9 Å². The Morgan fingerprint density at radius 2 is 1.79 bits per heavy atom. The second kappa shape index (κ2) is 7.31. The van der Waals surface area contributed by atoms with Gasteiger partial charge in [-0.1, -0.05) is 23.5 Å². The first-order chi connectivity index (χ1) is 13.4. The third kappa shape index (κ3) is 4.04. The summed E-state index contributed by atoms with van der Waals surface area (Å²) in [5, 5.41) is 22.3. The first-order valence-electron chi connectivity index (χ1n) is 7.68. The van der Waals surface area contributed by atoms with Crippen LogP contribution < -0.4 is 5.32 Å². The van der Waals surface area contributed by atoms with Gasteiger partial charge >= 0.3 is 6.18 Å². The van der Waals surface area contributed by atoms with Crippen LogP contribution in [0.3, 0.4) is 0 Å². The first kappa shape index (κ1) is 18.6. The normalized spacial score (nSPS) is 11.9. The van der Waals surface area contributed by atoms with Crippen molar-refractivity contribution in [2.24, 2.45) is 0 Å². The summed E-state index contributed by atoms with van der Waals surface area (Å²) in [6.07, 6.45) is -4.66. The zero-order valence-electron chi connectivity index (χ0n) is 13.7. The van der Waals surface area contributed by atoms with E-state index in [1.165, 1.54) is 35.6 Å². The van der Waals surface area contributed by atoms with Crippen molar-refractivity contribution in [1.82, 2.24) is 30.0 Å². The number of aromatic nitrogens is 6. The predicted octanol–water partition coefficient (Wildman–Crippen LogP) is 3.90. The van der Waals surface area contributed by atoms with E-state index in [9.17, 15) is 17.6 Å². The number of benzene rings is 1. The van der Waals surface area contributed by atoms with E-state index in [0.29, 0.717) is 25.6 Å². The number of rotatable bonds is 5. The number of alkyl halides is 3. The van der Waals surface area contributed by atoms with Crippen LogP contribution in [-0.4, -0.2) is 30.0 Å². The molecule has 0 saturated heterocycles. The quantitative estimate of drug-likeness (QED) is 0.484. The summed E-state index contributed by atoms with van der Waals surface area (Å²) in [6, 6.07) is 8.94. The minimum atomic E-state index is -4.66. The van der Waals surface area contributed by atoms with Gasteiger partial charge in [0.25, 0.3) is 5.82 Å². The minimum Gasteiger partial charge on any atom is -0.356 e. The zero-order chi connectivity index (χ0) is 19.7. The molecule has 7 nitrogen and oxygen atoms in total. The molecule has 28 heavy (non-hydrogen) atoms. The maximum Gasteiger partial charge on any atom is 0.453 e. The second-order valence-electron chi connectivity index (χ2n) is 5.42. The molecule has 3 heterocycles. The SMILES string of the molecule is Fc1ccc(CNc2nnc(Sc3ccc4nnc(C(F)(F)F)n4n3)s2)cc1. The lowest BCUT2D eigenvalue weighted by molar-refractivity contribution is -0.146. The summed E-state index contributed by atoms with van der Waals surface area (Å²) < 4.78 is 52.9. The Bertz CT molecular complexity index is 1110. The van der Waals surface area contributed by atoms with Crippen molar-refractivity contribution in [1.29, 1.82) is 0 Å². The highest BCUT2D eigenvalue weighted by molar-refractivity contribution is 8.01. The van der Waals surface area contributed by atoms with Gasteiger partial charge in [0.1, 0.15) is 10.8 Å². The van der Waals surface area contributed by atoms with E-state index in [1.807, 2.05) is 0 Å². The van der Waals surface area contributed by atoms with Crippen LogP contribution in [0.4, 0.5) is 22.7 Å². The van der Waals surface area contributed by atoms with Crippen molar-refractivity contribution < 1.29 is 17.6 Å². The molecule has 0 radical (unpaired) electrons.